The fourth-order valence-electron chi connectivity index (χ4n) is 3.68. The van der Waals surface area contributed by atoms with Crippen molar-refractivity contribution >= 4 is 21.6 Å². The van der Waals surface area contributed by atoms with Gasteiger partial charge in [0.2, 0.25) is 15.8 Å². The van der Waals surface area contributed by atoms with Crippen LogP contribution >= 0.6 is 0 Å². The van der Waals surface area contributed by atoms with Gasteiger partial charge >= 0.3 is 0 Å². The third kappa shape index (κ3) is 3.45. The van der Waals surface area contributed by atoms with Crippen molar-refractivity contribution in [2.45, 2.75) is 30.8 Å². The maximum Gasteiger partial charge on any atom is 0.292 e. The summed E-state index contributed by atoms with van der Waals surface area (Å²) in [5.74, 6) is 0.680. The molecule has 1 amide bonds. The molecule has 2 N–H and O–H groups in total. The van der Waals surface area contributed by atoms with Gasteiger partial charge in [-0.25, -0.2) is 8.42 Å². The summed E-state index contributed by atoms with van der Waals surface area (Å²) in [6.07, 6.45) is 0.894. The van der Waals surface area contributed by atoms with Crippen LogP contribution in [-0.2, 0) is 10.0 Å². The second kappa shape index (κ2) is 7.10. The van der Waals surface area contributed by atoms with E-state index in [1.165, 1.54) is 13.2 Å². The van der Waals surface area contributed by atoms with E-state index < -0.39 is 16.2 Å². The minimum absolute atomic E-state index is 0.0506. The van der Waals surface area contributed by atoms with Crippen LogP contribution in [0.4, 0.5) is 5.69 Å². The fourth-order valence-corrected chi connectivity index (χ4v) is 5.05. The number of anilines is 1. The van der Waals surface area contributed by atoms with Gasteiger partial charge in [-0.15, -0.1) is 0 Å². The molecule has 10 heteroatoms. The van der Waals surface area contributed by atoms with Crippen molar-refractivity contribution in [3.05, 3.63) is 35.7 Å². The zero-order valence-corrected chi connectivity index (χ0v) is 16.5. The number of sulfonamides is 1. The standard InChI is InChI=1S/C18H22N4O5S/c1-11-9-15(27-20-11)18(23)22-7-5-12(6-8-22)17-19-14-10-13(26-2)3-4-16(14)28(24,25)21-17/h3-4,9-10,12,17,19,21H,5-8H2,1-2H3/t17-/m0/s1. The van der Waals surface area contributed by atoms with Crippen LogP contribution in [0.25, 0.3) is 0 Å². The Hall–Kier alpha value is -2.59. The third-order valence-electron chi connectivity index (χ3n) is 5.21. The van der Waals surface area contributed by atoms with Crippen molar-refractivity contribution < 1.29 is 22.5 Å². The normalized spacial score (nSPS) is 21.6. The lowest BCUT2D eigenvalue weighted by atomic mass is 9.93. The Morgan fingerprint density at radius 3 is 2.68 bits per heavy atom. The van der Waals surface area contributed by atoms with Crippen LogP contribution in [0.2, 0.25) is 0 Å². The summed E-state index contributed by atoms with van der Waals surface area (Å²) in [7, 11) is -2.07. The second-order valence-electron chi connectivity index (χ2n) is 7.07. The molecule has 4 rings (SSSR count). The number of rotatable bonds is 3. The van der Waals surface area contributed by atoms with Crippen LogP contribution in [-0.4, -0.2) is 50.7 Å². The number of benzene rings is 1. The van der Waals surface area contributed by atoms with Crippen molar-refractivity contribution in [3.8, 4) is 5.75 Å². The zero-order valence-electron chi connectivity index (χ0n) is 15.6. The van der Waals surface area contributed by atoms with E-state index in [4.69, 9.17) is 9.26 Å². The number of piperidine rings is 1. The quantitative estimate of drug-likeness (QED) is 0.795. The van der Waals surface area contributed by atoms with E-state index >= 15 is 0 Å². The lowest BCUT2D eigenvalue weighted by Crippen LogP contribution is -2.52. The van der Waals surface area contributed by atoms with Crippen LogP contribution in [0, 0.1) is 12.8 Å². The molecule has 0 spiro atoms. The van der Waals surface area contributed by atoms with Crippen LogP contribution in [0.15, 0.2) is 33.7 Å². The minimum atomic E-state index is -3.61. The molecule has 2 aliphatic rings. The molecule has 0 radical (unpaired) electrons. The maximum atomic E-state index is 12.6. The second-order valence-corrected chi connectivity index (χ2v) is 8.75. The number of hydrogen-bond acceptors (Lipinski definition) is 7. The Kier molecular flexibility index (Phi) is 4.76. The van der Waals surface area contributed by atoms with Crippen molar-refractivity contribution in [1.82, 2.24) is 14.8 Å². The van der Waals surface area contributed by atoms with Crippen LogP contribution < -0.4 is 14.8 Å². The molecule has 2 aromatic rings. The number of aryl methyl sites for hydroxylation is 1. The number of carbonyl (C=O) groups is 1. The summed E-state index contributed by atoms with van der Waals surface area (Å²) in [5, 5.41) is 7.03. The summed E-state index contributed by atoms with van der Waals surface area (Å²) in [5.41, 5.74) is 1.19. The van der Waals surface area contributed by atoms with E-state index in [0.29, 0.717) is 43.1 Å². The highest BCUT2D eigenvalue weighted by atomic mass is 32.2. The van der Waals surface area contributed by atoms with Gasteiger partial charge in [0.15, 0.2) is 0 Å². The van der Waals surface area contributed by atoms with Gasteiger partial charge < -0.3 is 19.5 Å². The van der Waals surface area contributed by atoms with Crippen LogP contribution in [0.3, 0.4) is 0 Å². The fraction of sp³-hybridized carbons (Fsp3) is 0.444. The van der Waals surface area contributed by atoms with Crippen LogP contribution in [0.5, 0.6) is 5.75 Å². The molecule has 0 saturated carbocycles. The molecule has 150 valence electrons. The monoisotopic (exact) mass is 406 g/mol. The Balaban J connectivity index is 1.45. The number of amides is 1. The molecule has 1 fully saturated rings. The van der Waals surface area contributed by atoms with Gasteiger partial charge in [-0.1, -0.05) is 5.16 Å². The molecule has 3 heterocycles. The molecule has 0 bridgehead atoms. The number of likely N-dealkylation sites (tertiary alicyclic amines) is 1. The maximum absolute atomic E-state index is 12.6. The number of hydrogen-bond donors (Lipinski definition) is 2. The lowest BCUT2D eigenvalue weighted by Gasteiger charge is -2.38. The van der Waals surface area contributed by atoms with Gasteiger partial charge in [-0.05, 0) is 37.8 Å². The highest BCUT2D eigenvalue weighted by Crippen LogP contribution is 2.33. The summed E-state index contributed by atoms with van der Waals surface area (Å²) in [6, 6.07) is 6.46. The minimum Gasteiger partial charge on any atom is -0.497 e. The highest BCUT2D eigenvalue weighted by molar-refractivity contribution is 7.89. The third-order valence-corrected chi connectivity index (χ3v) is 6.71. The predicted octanol–water partition coefficient (Wildman–Crippen LogP) is 1.57. The Morgan fingerprint density at radius 1 is 1.29 bits per heavy atom. The van der Waals surface area contributed by atoms with E-state index in [1.54, 1.807) is 30.0 Å². The van der Waals surface area contributed by atoms with Crippen molar-refractivity contribution in [1.29, 1.82) is 0 Å². The average molecular weight is 406 g/mol. The molecule has 0 unspecified atom stereocenters. The number of nitrogens with one attached hydrogen (secondary N) is 2. The number of nitrogens with zero attached hydrogens (tertiary/aromatic N) is 2. The first kappa shape index (κ1) is 18.8. The van der Waals surface area contributed by atoms with Crippen LogP contribution in [0.1, 0.15) is 29.1 Å². The molecule has 9 nitrogen and oxygen atoms in total. The van der Waals surface area contributed by atoms with Gasteiger partial charge in [-0.2, -0.15) is 4.72 Å². The molecule has 0 aliphatic carbocycles. The molecule has 1 aromatic carbocycles. The molecular weight excluding hydrogens is 384 g/mol. The molecule has 28 heavy (non-hydrogen) atoms. The Bertz CT molecular complexity index is 995. The first-order chi connectivity index (χ1) is 13.4. The van der Waals surface area contributed by atoms with Crippen molar-refractivity contribution in [2.24, 2.45) is 5.92 Å². The van der Waals surface area contributed by atoms with E-state index in [9.17, 15) is 13.2 Å². The highest BCUT2D eigenvalue weighted by Gasteiger charge is 2.36. The SMILES string of the molecule is COc1ccc2c(c1)N[C@H](C1CCN(C(=O)c3cc(C)no3)CC1)NS2(=O)=O. The largest absolute Gasteiger partial charge is 0.497 e. The molecule has 1 aromatic heterocycles. The molecule has 2 aliphatic heterocycles. The smallest absolute Gasteiger partial charge is 0.292 e. The van der Waals surface area contributed by atoms with E-state index in [-0.39, 0.29) is 22.5 Å². The summed E-state index contributed by atoms with van der Waals surface area (Å²) < 4.78 is 38.2. The van der Waals surface area contributed by atoms with Gasteiger partial charge in [0.1, 0.15) is 10.6 Å². The number of methoxy groups -OCH3 is 1. The van der Waals surface area contributed by atoms with Gasteiger partial charge in [-0.3, -0.25) is 4.79 Å². The zero-order chi connectivity index (χ0) is 19.9. The Morgan fingerprint density at radius 2 is 2.04 bits per heavy atom. The number of fused-ring (bicyclic) bond motifs is 1. The van der Waals surface area contributed by atoms with Gasteiger partial charge in [0.25, 0.3) is 5.91 Å². The molecule has 1 atom stereocenters. The van der Waals surface area contributed by atoms with E-state index in [0.717, 1.165) is 0 Å². The van der Waals surface area contributed by atoms with Crippen molar-refractivity contribution in [3.63, 3.8) is 0 Å². The number of carbonyl (C=O) groups excluding carboxylic acids is 1. The topological polar surface area (TPSA) is 114 Å². The number of ether oxygens (including phenoxy) is 1. The first-order valence-electron chi connectivity index (χ1n) is 9.07. The van der Waals surface area contributed by atoms with Crippen molar-refractivity contribution in [2.75, 3.05) is 25.5 Å². The molecule has 1 saturated heterocycles. The Labute approximate surface area is 163 Å². The summed E-state index contributed by atoms with van der Waals surface area (Å²) in [4.78, 5) is 14.4. The summed E-state index contributed by atoms with van der Waals surface area (Å²) in [6.45, 7) is 2.81. The summed E-state index contributed by atoms with van der Waals surface area (Å²) >= 11 is 0. The van der Waals surface area contributed by atoms with Gasteiger partial charge in [0.05, 0.1) is 24.7 Å². The number of aromatic nitrogens is 1. The molecular formula is C18H22N4O5S. The average Bonchev–Trinajstić information content (AvgIpc) is 3.12. The predicted molar refractivity (Wildman–Crippen MR) is 101 cm³/mol. The van der Waals surface area contributed by atoms with E-state index in [1.807, 2.05) is 0 Å². The first-order valence-corrected chi connectivity index (χ1v) is 10.6. The van der Waals surface area contributed by atoms with E-state index in [2.05, 4.69) is 15.2 Å². The van der Waals surface area contributed by atoms with Gasteiger partial charge in [0, 0.05) is 25.2 Å². The lowest BCUT2D eigenvalue weighted by molar-refractivity contribution is 0.0637.